The van der Waals surface area contributed by atoms with Crippen molar-refractivity contribution in [3.63, 3.8) is 0 Å². The molecule has 0 fully saturated rings. The molecule has 0 unspecified atom stereocenters. The number of nitrogens with zero attached hydrogens (tertiary/aromatic N) is 2. The molecule has 98 valence electrons. The third kappa shape index (κ3) is 2.01. The quantitative estimate of drug-likeness (QED) is 0.679. The Morgan fingerprint density at radius 3 is 2.68 bits per heavy atom. The molecule has 0 spiro atoms. The van der Waals surface area contributed by atoms with Crippen LogP contribution in [0.4, 0.5) is 0 Å². The van der Waals surface area contributed by atoms with Crippen LogP contribution in [0.15, 0.2) is 30.5 Å². The molecule has 3 aromatic rings. The van der Waals surface area contributed by atoms with E-state index in [2.05, 4.69) is 28.4 Å². The SMILES string of the molecule is COc1ccc(-c2c(C)sc3ncc(CCl)n23)cc1. The van der Waals surface area contributed by atoms with E-state index < -0.39 is 0 Å². The average Bonchev–Trinajstić information content (AvgIpc) is 2.96. The summed E-state index contributed by atoms with van der Waals surface area (Å²) in [6, 6.07) is 8.06. The molecule has 0 aliphatic rings. The number of halogens is 1. The van der Waals surface area contributed by atoms with Gasteiger partial charge in [-0.05, 0) is 36.8 Å². The van der Waals surface area contributed by atoms with Gasteiger partial charge in [-0.25, -0.2) is 4.98 Å². The van der Waals surface area contributed by atoms with Crippen molar-refractivity contribution < 1.29 is 4.74 Å². The molecule has 3 rings (SSSR count). The third-order valence-electron chi connectivity index (χ3n) is 3.10. The molecular weight excluding hydrogens is 280 g/mol. The van der Waals surface area contributed by atoms with Gasteiger partial charge in [-0.1, -0.05) is 0 Å². The minimum Gasteiger partial charge on any atom is -0.497 e. The van der Waals surface area contributed by atoms with Gasteiger partial charge in [0.2, 0.25) is 0 Å². The number of hydrogen-bond acceptors (Lipinski definition) is 3. The largest absolute Gasteiger partial charge is 0.497 e. The van der Waals surface area contributed by atoms with Gasteiger partial charge in [0.05, 0.1) is 30.6 Å². The molecule has 19 heavy (non-hydrogen) atoms. The van der Waals surface area contributed by atoms with Gasteiger partial charge >= 0.3 is 0 Å². The Morgan fingerprint density at radius 1 is 1.32 bits per heavy atom. The topological polar surface area (TPSA) is 26.5 Å². The van der Waals surface area contributed by atoms with Crippen LogP contribution in [0.3, 0.4) is 0 Å². The first-order chi connectivity index (χ1) is 9.24. The lowest BCUT2D eigenvalue weighted by Gasteiger charge is -2.06. The van der Waals surface area contributed by atoms with Crippen LogP contribution >= 0.6 is 22.9 Å². The molecule has 0 aliphatic carbocycles. The highest BCUT2D eigenvalue weighted by atomic mass is 35.5. The van der Waals surface area contributed by atoms with Crippen LogP contribution in [0.2, 0.25) is 0 Å². The Bertz CT molecular complexity index is 715. The predicted octanol–water partition coefficient (Wildman–Crippen LogP) is 4.12. The van der Waals surface area contributed by atoms with Gasteiger partial charge in [-0.3, -0.25) is 4.40 Å². The summed E-state index contributed by atoms with van der Waals surface area (Å²) in [5.41, 5.74) is 3.33. The molecule has 0 bridgehead atoms. The first-order valence-corrected chi connectivity index (χ1v) is 7.26. The molecule has 0 saturated heterocycles. The average molecular weight is 293 g/mol. The molecule has 2 heterocycles. The smallest absolute Gasteiger partial charge is 0.194 e. The fourth-order valence-corrected chi connectivity index (χ4v) is 3.37. The van der Waals surface area contributed by atoms with Crippen molar-refractivity contribution in [3.05, 3.63) is 41.0 Å². The maximum absolute atomic E-state index is 5.99. The van der Waals surface area contributed by atoms with E-state index >= 15 is 0 Å². The van der Waals surface area contributed by atoms with Gasteiger partial charge in [-0.15, -0.1) is 22.9 Å². The normalized spacial score (nSPS) is 11.1. The van der Waals surface area contributed by atoms with Crippen LogP contribution in [0.5, 0.6) is 5.75 Å². The summed E-state index contributed by atoms with van der Waals surface area (Å²) in [5.74, 6) is 1.32. The number of ether oxygens (including phenoxy) is 1. The summed E-state index contributed by atoms with van der Waals surface area (Å²) >= 11 is 7.67. The number of methoxy groups -OCH3 is 1. The molecule has 0 radical (unpaired) electrons. The second kappa shape index (κ2) is 4.87. The standard InChI is InChI=1S/C14H13ClN2OS/c1-9-13(10-3-5-12(18-2)6-4-10)17-11(7-15)8-16-14(17)19-9/h3-6,8H,7H2,1-2H3. The lowest BCUT2D eigenvalue weighted by molar-refractivity contribution is 0.415. The van der Waals surface area contributed by atoms with Gasteiger partial charge in [0.1, 0.15) is 5.75 Å². The van der Waals surface area contributed by atoms with E-state index in [1.807, 2.05) is 18.3 Å². The molecule has 1 aromatic carbocycles. The Hall–Kier alpha value is -1.52. The zero-order valence-corrected chi connectivity index (χ0v) is 12.3. The second-order valence-electron chi connectivity index (χ2n) is 4.24. The fraction of sp³-hybridized carbons (Fsp3) is 0.214. The van der Waals surface area contributed by atoms with Gasteiger partial charge < -0.3 is 4.74 Å². The van der Waals surface area contributed by atoms with Crippen LogP contribution in [0.25, 0.3) is 16.2 Å². The zero-order chi connectivity index (χ0) is 13.4. The summed E-state index contributed by atoms with van der Waals surface area (Å²) in [5, 5.41) is 0. The Labute approximate surface area is 120 Å². The van der Waals surface area contributed by atoms with Crippen molar-refractivity contribution in [3.8, 4) is 17.0 Å². The summed E-state index contributed by atoms with van der Waals surface area (Å²) in [4.78, 5) is 6.62. The van der Waals surface area contributed by atoms with Gasteiger partial charge in [0.15, 0.2) is 4.96 Å². The van der Waals surface area contributed by atoms with Crippen LogP contribution in [0.1, 0.15) is 10.6 Å². The third-order valence-corrected chi connectivity index (χ3v) is 4.35. The van der Waals surface area contributed by atoms with Crippen molar-refractivity contribution in [2.24, 2.45) is 0 Å². The van der Waals surface area contributed by atoms with Gasteiger partial charge in [0, 0.05) is 4.88 Å². The number of aromatic nitrogens is 2. The van der Waals surface area contributed by atoms with E-state index in [9.17, 15) is 0 Å². The molecule has 5 heteroatoms. The van der Waals surface area contributed by atoms with Crippen molar-refractivity contribution in [1.82, 2.24) is 9.38 Å². The van der Waals surface area contributed by atoms with Crippen LogP contribution in [-0.2, 0) is 5.88 Å². The molecule has 0 atom stereocenters. The van der Waals surface area contributed by atoms with E-state index in [4.69, 9.17) is 16.3 Å². The number of imidazole rings is 1. The lowest BCUT2D eigenvalue weighted by atomic mass is 10.1. The zero-order valence-electron chi connectivity index (χ0n) is 10.7. The number of benzene rings is 1. The first-order valence-electron chi connectivity index (χ1n) is 5.90. The molecule has 0 amide bonds. The number of fused-ring (bicyclic) bond motifs is 1. The van der Waals surface area contributed by atoms with Crippen LogP contribution in [-0.4, -0.2) is 16.5 Å². The van der Waals surface area contributed by atoms with E-state index in [0.717, 1.165) is 27.7 Å². The number of thiazole rings is 1. The number of alkyl halides is 1. The number of hydrogen-bond donors (Lipinski definition) is 0. The minimum absolute atomic E-state index is 0.459. The van der Waals surface area contributed by atoms with Gasteiger partial charge in [-0.2, -0.15) is 0 Å². The van der Waals surface area contributed by atoms with Crippen molar-refractivity contribution in [2.75, 3.05) is 7.11 Å². The van der Waals surface area contributed by atoms with Crippen LogP contribution < -0.4 is 4.74 Å². The lowest BCUT2D eigenvalue weighted by Crippen LogP contribution is -1.92. The Kier molecular flexibility index (Phi) is 3.21. The first kappa shape index (κ1) is 12.5. The molecule has 0 aliphatic heterocycles. The maximum Gasteiger partial charge on any atom is 0.194 e. The molecule has 0 N–H and O–H groups in total. The molecule has 3 nitrogen and oxygen atoms in total. The number of rotatable bonds is 3. The fourth-order valence-electron chi connectivity index (χ4n) is 2.20. The highest BCUT2D eigenvalue weighted by molar-refractivity contribution is 7.17. The van der Waals surface area contributed by atoms with E-state index in [0.29, 0.717) is 5.88 Å². The molecule has 0 saturated carbocycles. The van der Waals surface area contributed by atoms with Crippen molar-refractivity contribution in [1.29, 1.82) is 0 Å². The van der Waals surface area contributed by atoms with E-state index in [-0.39, 0.29) is 0 Å². The van der Waals surface area contributed by atoms with E-state index in [1.54, 1.807) is 18.4 Å². The summed E-state index contributed by atoms with van der Waals surface area (Å²) in [6.45, 7) is 2.11. The molecule has 2 aromatic heterocycles. The van der Waals surface area contributed by atoms with E-state index in [1.165, 1.54) is 4.88 Å². The Morgan fingerprint density at radius 2 is 2.05 bits per heavy atom. The van der Waals surface area contributed by atoms with Crippen LogP contribution in [0, 0.1) is 6.92 Å². The predicted molar refractivity (Wildman–Crippen MR) is 79.4 cm³/mol. The minimum atomic E-state index is 0.459. The molecular formula is C14H13ClN2OS. The monoisotopic (exact) mass is 292 g/mol. The summed E-state index contributed by atoms with van der Waals surface area (Å²) in [7, 11) is 1.67. The van der Waals surface area contributed by atoms with Gasteiger partial charge in [0.25, 0.3) is 0 Å². The summed E-state index contributed by atoms with van der Waals surface area (Å²) < 4.78 is 7.33. The van der Waals surface area contributed by atoms with Crippen molar-refractivity contribution >= 4 is 27.9 Å². The Balaban J connectivity index is 2.22. The highest BCUT2D eigenvalue weighted by Gasteiger charge is 2.15. The second-order valence-corrected chi connectivity index (χ2v) is 5.69. The maximum atomic E-state index is 5.99. The highest BCUT2D eigenvalue weighted by Crippen LogP contribution is 2.33. The number of aryl methyl sites for hydroxylation is 1. The summed E-state index contributed by atoms with van der Waals surface area (Å²) in [6.07, 6.45) is 1.84. The van der Waals surface area contributed by atoms with Crippen molar-refractivity contribution in [2.45, 2.75) is 12.8 Å².